The molecule has 4 heteroatoms. The smallest absolute Gasteiger partial charge is 0.163 e. The second-order valence-corrected chi connectivity index (χ2v) is 3.23. The van der Waals surface area contributed by atoms with Gasteiger partial charge in [0.05, 0.1) is 10.0 Å². The Bertz CT molecular complexity index is 333. The Morgan fingerprint density at radius 1 is 1.33 bits per heavy atom. The molecule has 64 valence electrons. The maximum Gasteiger partial charge on any atom is 0.163 e. The zero-order valence-electron chi connectivity index (χ0n) is 6.34. The molecule has 0 spiro atoms. The van der Waals surface area contributed by atoms with Gasteiger partial charge < -0.3 is 10.2 Å². The summed E-state index contributed by atoms with van der Waals surface area (Å²) in [7, 11) is 0. The number of aromatic hydroxyl groups is 2. The van der Waals surface area contributed by atoms with Crippen LogP contribution < -0.4 is 0 Å². The van der Waals surface area contributed by atoms with Crippen LogP contribution >= 0.6 is 15.9 Å². The minimum atomic E-state index is -0.282. The monoisotopic (exact) mass is 230 g/mol. The lowest BCUT2D eigenvalue weighted by Gasteiger charge is -2.02. The number of hydrogen-bond donors (Lipinski definition) is 2. The summed E-state index contributed by atoms with van der Waals surface area (Å²) in [5.41, 5.74) is 0.121. The van der Waals surface area contributed by atoms with Gasteiger partial charge in [0, 0.05) is 0 Å². The Morgan fingerprint density at radius 2 is 1.92 bits per heavy atom. The number of Topliss-reactive ketones (excluding diaryl/α,β-unsaturated/α-hetero) is 1. The van der Waals surface area contributed by atoms with Crippen LogP contribution in [-0.4, -0.2) is 16.0 Å². The topological polar surface area (TPSA) is 57.5 Å². The van der Waals surface area contributed by atoms with E-state index in [4.69, 9.17) is 5.11 Å². The van der Waals surface area contributed by atoms with E-state index in [1.165, 1.54) is 19.1 Å². The first-order chi connectivity index (χ1) is 5.52. The molecule has 0 radical (unpaired) electrons. The van der Waals surface area contributed by atoms with E-state index in [2.05, 4.69) is 15.9 Å². The van der Waals surface area contributed by atoms with Crippen molar-refractivity contribution in [2.24, 2.45) is 0 Å². The summed E-state index contributed by atoms with van der Waals surface area (Å²) in [5.74, 6) is -0.472. The SMILES string of the molecule is CC(=O)c1cc(O)c(Br)cc1O. The summed E-state index contributed by atoms with van der Waals surface area (Å²) in [6.07, 6.45) is 0. The summed E-state index contributed by atoms with van der Waals surface area (Å²) in [5, 5.41) is 18.4. The number of carbonyl (C=O) groups is 1. The minimum Gasteiger partial charge on any atom is -0.507 e. The lowest BCUT2D eigenvalue weighted by Crippen LogP contribution is -1.92. The summed E-state index contributed by atoms with van der Waals surface area (Å²) in [6, 6.07) is 2.51. The molecular weight excluding hydrogens is 224 g/mol. The van der Waals surface area contributed by atoms with E-state index in [1.807, 2.05) is 0 Å². The van der Waals surface area contributed by atoms with Crippen molar-refractivity contribution in [3.63, 3.8) is 0 Å². The van der Waals surface area contributed by atoms with Gasteiger partial charge in [-0.05, 0) is 35.0 Å². The van der Waals surface area contributed by atoms with Gasteiger partial charge in [-0.15, -0.1) is 0 Å². The molecule has 0 aliphatic heterocycles. The molecule has 0 unspecified atom stereocenters. The molecule has 1 aromatic rings. The van der Waals surface area contributed by atoms with Crippen LogP contribution in [0.3, 0.4) is 0 Å². The Kier molecular flexibility index (Phi) is 2.38. The lowest BCUT2D eigenvalue weighted by molar-refractivity contribution is 0.101. The molecule has 0 aliphatic rings. The van der Waals surface area contributed by atoms with Gasteiger partial charge in [-0.2, -0.15) is 0 Å². The molecule has 0 amide bonds. The van der Waals surface area contributed by atoms with Crippen LogP contribution in [0.15, 0.2) is 16.6 Å². The van der Waals surface area contributed by atoms with Crippen LogP contribution in [-0.2, 0) is 0 Å². The van der Waals surface area contributed by atoms with Gasteiger partial charge in [0.25, 0.3) is 0 Å². The van der Waals surface area contributed by atoms with Gasteiger partial charge in [-0.25, -0.2) is 0 Å². The van der Waals surface area contributed by atoms with E-state index in [0.29, 0.717) is 4.47 Å². The first-order valence-electron chi connectivity index (χ1n) is 3.25. The van der Waals surface area contributed by atoms with Crippen molar-refractivity contribution in [3.8, 4) is 11.5 Å². The van der Waals surface area contributed by atoms with Gasteiger partial charge in [-0.1, -0.05) is 0 Å². The van der Waals surface area contributed by atoms with Crippen LogP contribution in [0.25, 0.3) is 0 Å². The van der Waals surface area contributed by atoms with Crippen LogP contribution in [0.2, 0.25) is 0 Å². The van der Waals surface area contributed by atoms with Crippen LogP contribution in [0.4, 0.5) is 0 Å². The molecule has 1 rings (SSSR count). The van der Waals surface area contributed by atoms with Crippen LogP contribution in [0.1, 0.15) is 17.3 Å². The molecule has 2 N–H and O–H groups in total. The highest BCUT2D eigenvalue weighted by molar-refractivity contribution is 9.10. The fraction of sp³-hybridized carbons (Fsp3) is 0.125. The lowest BCUT2D eigenvalue weighted by atomic mass is 10.1. The van der Waals surface area contributed by atoms with Crippen LogP contribution in [0, 0.1) is 0 Å². The second-order valence-electron chi connectivity index (χ2n) is 2.38. The van der Waals surface area contributed by atoms with E-state index < -0.39 is 0 Å². The molecular formula is C8H7BrO3. The molecule has 3 nitrogen and oxygen atoms in total. The fourth-order valence-corrected chi connectivity index (χ4v) is 1.16. The van der Waals surface area contributed by atoms with E-state index in [1.54, 1.807) is 0 Å². The number of rotatable bonds is 1. The van der Waals surface area contributed by atoms with Crippen molar-refractivity contribution >= 4 is 21.7 Å². The van der Waals surface area contributed by atoms with Crippen molar-refractivity contribution in [1.29, 1.82) is 0 Å². The van der Waals surface area contributed by atoms with Gasteiger partial charge in [0.2, 0.25) is 0 Å². The molecule has 0 fully saturated rings. The molecule has 1 aromatic carbocycles. The molecule has 0 bridgehead atoms. The third-order valence-electron chi connectivity index (χ3n) is 1.44. The summed E-state index contributed by atoms with van der Waals surface area (Å²) in [6.45, 7) is 1.32. The quantitative estimate of drug-likeness (QED) is 0.574. The molecule has 0 atom stereocenters. The summed E-state index contributed by atoms with van der Waals surface area (Å²) in [4.78, 5) is 10.8. The Morgan fingerprint density at radius 3 is 2.42 bits per heavy atom. The van der Waals surface area contributed by atoms with E-state index in [9.17, 15) is 9.90 Å². The molecule has 0 aliphatic carbocycles. The molecule has 0 aromatic heterocycles. The first kappa shape index (κ1) is 9.06. The van der Waals surface area contributed by atoms with Gasteiger partial charge >= 0.3 is 0 Å². The zero-order valence-corrected chi connectivity index (χ0v) is 7.92. The standard InChI is InChI=1S/C8H7BrO3/c1-4(10)5-2-8(12)6(9)3-7(5)11/h2-3,11-12H,1H3. The Balaban J connectivity index is 3.33. The number of halogens is 1. The largest absolute Gasteiger partial charge is 0.507 e. The number of benzene rings is 1. The molecule has 0 saturated heterocycles. The summed E-state index contributed by atoms with van der Waals surface area (Å²) < 4.78 is 0.366. The highest BCUT2D eigenvalue weighted by atomic mass is 79.9. The predicted octanol–water partition coefficient (Wildman–Crippen LogP) is 2.06. The predicted molar refractivity (Wildman–Crippen MR) is 47.5 cm³/mol. The minimum absolute atomic E-state index is 0.0574. The van der Waals surface area contributed by atoms with Crippen molar-refractivity contribution in [3.05, 3.63) is 22.2 Å². The van der Waals surface area contributed by atoms with Gasteiger partial charge in [-0.3, -0.25) is 4.79 Å². The molecule has 0 heterocycles. The molecule has 0 saturated carbocycles. The van der Waals surface area contributed by atoms with E-state index in [-0.39, 0.29) is 22.8 Å². The highest BCUT2D eigenvalue weighted by Gasteiger charge is 2.09. The maximum absolute atomic E-state index is 10.8. The highest BCUT2D eigenvalue weighted by Crippen LogP contribution is 2.31. The normalized spacial score (nSPS) is 9.83. The summed E-state index contributed by atoms with van der Waals surface area (Å²) >= 11 is 3.01. The average molecular weight is 231 g/mol. The van der Waals surface area contributed by atoms with E-state index in [0.717, 1.165) is 0 Å². The first-order valence-corrected chi connectivity index (χ1v) is 4.04. The average Bonchev–Trinajstić information content (AvgIpc) is 1.96. The van der Waals surface area contributed by atoms with Gasteiger partial charge in [0.1, 0.15) is 11.5 Å². The van der Waals surface area contributed by atoms with Crippen molar-refractivity contribution in [1.82, 2.24) is 0 Å². The van der Waals surface area contributed by atoms with Crippen molar-refractivity contribution < 1.29 is 15.0 Å². The van der Waals surface area contributed by atoms with Crippen LogP contribution in [0.5, 0.6) is 11.5 Å². The van der Waals surface area contributed by atoms with E-state index >= 15 is 0 Å². The Labute approximate surface area is 77.8 Å². The zero-order chi connectivity index (χ0) is 9.30. The number of phenolic OH excluding ortho intramolecular Hbond substituents is 2. The fourth-order valence-electron chi connectivity index (χ4n) is 0.833. The van der Waals surface area contributed by atoms with Crippen molar-refractivity contribution in [2.45, 2.75) is 6.92 Å². The molecule has 12 heavy (non-hydrogen) atoms. The number of hydrogen-bond acceptors (Lipinski definition) is 3. The number of carbonyl (C=O) groups excluding carboxylic acids is 1. The number of phenols is 2. The maximum atomic E-state index is 10.8. The third-order valence-corrected chi connectivity index (χ3v) is 2.08. The third kappa shape index (κ3) is 1.58. The second kappa shape index (κ2) is 3.15. The van der Waals surface area contributed by atoms with Crippen molar-refractivity contribution in [2.75, 3.05) is 0 Å². The number of ketones is 1. The Hall–Kier alpha value is -1.03. The van der Waals surface area contributed by atoms with Gasteiger partial charge in [0.15, 0.2) is 5.78 Å².